The zero-order valence-corrected chi connectivity index (χ0v) is 23.0. The largest absolute Gasteiger partial charge is 0.465 e. The first-order valence-electron chi connectivity index (χ1n) is 12.5. The van der Waals surface area contributed by atoms with E-state index in [2.05, 4.69) is 10.6 Å². The van der Waals surface area contributed by atoms with Crippen LogP contribution in [0, 0.1) is 0 Å². The van der Waals surface area contributed by atoms with Crippen molar-refractivity contribution < 1.29 is 27.5 Å². The predicted octanol–water partition coefficient (Wildman–Crippen LogP) is 8.33. The highest BCUT2D eigenvalue weighted by Gasteiger charge is 2.31. The second-order valence-corrected chi connectivity index (χ2v) is 6.79. The number of carbonyl (C=O) groups is 2. The molecule has 0 radical (unpaired) electrons. The van der Waals surface area contributed by atoms with Gasteiger partial charge in [0.25, 0.3) is 0 Å². The monoisotopic (exact) mass is 533 g/mol. The van der Waals surface area contributed by atoms with Crippen molar-refractivity contribution in [3.8, 4) is 0 Å². The Morgan fingerprint density at radius 3 is 1.97 bits per heavy atom. The van der Waals surface area contributed by atoms with E-state index in [0.29, 0.717) is 23.2 Å². The number of aldehydes is 1. The van der Waals surface area contributed by atoms with E-state index in [1.165, 1.54) is 19.2 Å². The number of esters is 1. The standard InChI is InChI=1S/C23H20F3N3O3.3C2H6/c1-32-22(31)17-4-2-3-5-19(17)29-20-9-7-16(23(24,25)26)11-21(20)28-18-8-6-14(12-27)10-15(18)13-30;3*1-2/h2-11,13,28-29H,12,27H2,1H3;3*1-2H3. The maximum absolute atomic E-state index is 13.3. The van der Waals surface area contributed by atoms with Gasteiger partial charge in [0.1, 0.15) is 0 Å². The van der Waals surface area contributed by atoms with Crippen LogP contribution in [-0.2, 0) is 17.5 Å². The molecule has 0 unspecified atom stereocenters. The van der Waals surface area contributed by atoms with E-state index in [9.17, 15) is 22.8 Å². The van der Waals surface area contributed by atoms with Crippen molar-refractivity contribution in [1.29, 1.82) is 0 Å². The van der Waals surface area contributed by atoms with Gasteiger partial charge >= 0.3 is 12.1 Å². The fourth-order valence-corrected chi connectivity index (χ4v) is 3.05. The van der Waals surface area contributed by atoms with E-state index >= 15 is 0 Å². The number of anilines is 4. The van der Waals surface area contributed by atoms with Gasteiger partial charge in [0, 0.05) is 17.8 Å². The number of halogens is 3. The zero-order valence-electron chi connectivity index (χ0n) is 23.0. The Morgan fingerprint density at radius 2 is 1.42 bits per heavy atom. The second kappa shape index (κ2) is 17.6. The van der Waals surface area contributed by atoms with Crippen LogP contribution in [0.1, 0.15) is 73.4 Å². The van der Waals surface area contributed by atoms with Crippen LogP contribution in [0.5, 0.6) is 0 Å². The van der Waals surface area contributed by atoms with Crippen LogP contribution in [0.2, 0.25) is 0 Å². The summed E-state index contributed by atoms with van der Waals surface area (Å²) in [4.78, 5) is 23.6. The van der Waals surface area contributed by atoms with Gasteiger partial charge < -0.3 is 21.1 Å². The second-order valence-electron chi connectivity index (χ2n) is 6.79. The number of benzene rings is 3. The van der Waals surface area contributed by atoms with Crippen LogP contribution in [0.15, 0.2) is 60.7 Å². The van der Waals surface area contributed by atoms with Gasteiger partial charge in [-0.15, -0.1) is 0 Å². The SMILES string of the molecule is CC.CC.CC.COC(=O)c1ccccc1Nc1ccc(C(F)(F)F)cc1Nc1ccc(CN)cc1C=O. The minimum absolute atomic E-state index is 0.0584. The third kappa shape index (κ3) is 9.55. The number of rotatable bonds is 7. The molecule has 0 amide bonds. The highest BCUT2D eigenvalue weighted by Crippen LogP contribution is 2.37. The van der Waals surface area contributed by atoms with Crippen molar-refractivity contribution in [1.82, 2.24) is 0 Å². The molecule has 4 N–H and O–H groups in total. The average Bonchev–Trinajstić information content (AvgIpc) is 2.96. The number of hydrogen-bond donors (Lipinski definition) is 3. The molecule has 3 aromatic carbocycles. The number of ether oxygens (including phenoxy) is 1. The molecule has 0 spiro atoms. The quantitative estimate of drug-likeness (QED) is 0.209. The van der Waals surface area contributed by atoms with Gasteiger partial charge in [-0.25, -0.2) is 4.79 Å². The Hall–Kier alpha value is -3.85. The molecule has 0 saturated heterocycles. The molecule has 3 rings (SSSR count). The molecule has 0 fully saturated rings. The number of alkyl halides is 3. The molecule has 3 aromatic rings. The number of nitrogens with one attached hydrogen (secondary N) is 2. The van der Waals surface area contributed by atoms with Crippen LogP contribution in [0.3, 0.4) is 0 Å². The van der Waals surface area contributed by atoms with E-state index in [0.717, 1.165) is 12.1 Å². The van der Waals surface area contributed by atoms with Crippen molar-refractivity contribution >= 4 is 35.0 Å². The Balaban J connectivity index is 0.00000213. The summed E-state index contributed by atoms with van der Waals surface area (Å²) in [6.07, 6.45) is -3.98. The maximum Gasteiger partial charge on any atom is 0.416 e. The van der Waals surface area contributed by atoms with Gasteiger partial charge in [0.15, 0.2) is 6.29 Å². The predicted molar refractivity (Wildman–Crippen MR) is 150 cm³/mol. The topological polar surface area (TPSA) is 93.4 Å². The van der Waals surface area contributed by atoms with E-state index in [1.807, 2.05) is 41.5 Å². The van der Waals surface area contributed by atoms with Crippen LogP contribution in [0.4, 0.5) is 35.9 Å². The molecule has 6 nitrogen and oxygen atoms in total. The number of methoxy groups -OCH3 is 1. The smallest absolute Gasteiger partial charge is 0.416 e. The molecule has 38 heavy (non-hydrogen) atoms. The minimum Gasteiger partial charge on any atom is -0.465 e. The highest BCUT2D eigenvalue weighted by molar-refractivity contribution is 5.97. The molecule has 0 aliphatic heterocycles. The van der Waals surface area contributed by atoms with Crippen molar-refractivity contribution in [2.75, 3.05) is 17.7 Å². The normalized spacial score (nSPS) is 9.76. The summed E-state index contributed by atoms with van der Waals surface area (Å²) in [5, 5.41) is 5.86. The maximum atomic E-state index is 13.3. The number of hydrogen-bond acceptors (Lipinski definition) is 6. The molecule has 0 bridgehead atoms. The van der Waals surface area contributed by atoms with E-state index < -0.39 is 17.7 Å². The lowest BCUT2D eigenvalue weighted by atomic mass is 10.1. The third-order valence-corrected chi connectivity index (χ3v) is 4.70. The molecular weight excluding hydrogens is 495 g/mol. The van der Waals surface area contributed by atoms with E-state index in [1.54, 1.807) is 36.4 Å². The van der Waals surface area contributed by atoms with Gasteiger partial charge in [-0.3, -0.25) is 4.79 Å². The Labute approximate surface area is 223 Å². The number of nitrogens with two attached hydrogens (primary N) is 1. The summed E-state index contributed by atoms with van der Waals surface area (Å²) in [5.41, 5.74) is 6.84. The lowest BCUT2D eigenvalue weighted by Crippen LogP contribution is -2.09. The molecule has 0 aliphatic carbocycles. The molecule has 0 atom stereocenters. The lowest BCUT2D eigenvalue weighted by Gasteiger charge is -2.19. The van der Waals surface area contributed by atoms with E-state index in [4.69, 9.17) is 10.5 Å². The van der Waals surface area contributed by atoms with Crippen LogP contribution in [-0.4, -0.2) is 19.4 Å². The fourth-order valence-electron chi connectivity index (χ4n) is 3.05. The molecular formula is C29H38F3N3O3. The molecule has 0 aliphatic rings. The average molecular weight is 534 g/mol. The molecule has 9 heteroatoms. The van der Waals surface area contributed by atoms with Crippen molar-refractivity contribution in [2.45, 2.75) is 54.3 Å². The van der Waals surface area contributed by atoms with E-state index in [-0.39, 0.29) is 29.0 Å². The summed E-state index contributed by atoms with van der Waals surface area (Å²) >= 11 is 0. The molecule has 0 saturated carbocycles. The van der Waals surface area contributed by atoms with Crippen molar-refractivity contribution in [3.63, 3.8) is 0 Å². The fraction of sp³-hybridized carbons (Fsp3) is 0.310. The summed E-state index contributed by atoms with van der Waals surface area (Å²) in [7, 11) is 1.23. The van der Waals surface area contributed by atoms with Crippen molar-refractivity contribution in [2.24, 2.45) is 5.73 Å². The Kier molecular flexibility index (Phi) is 15.8. The first kappa shape index (κ1) is 34.1. The highest BCUT2D eigenvalue weighted by atomic mass is 19.4. The summed E-state index contributed by atoms with van der Waals surface area (Å²) in [6, 6.07) is 14.3. The van der Waals surface area contributed by atoms with Gasteiger partial charge in [0.2, 0.25) is 0 Å². The zero-order chi connectivity index (χ0) is 29.3. The Bertz CT molecular complexity index is 1150. The van der Waals surface area contributed by atoms with Gasteiger partial charge in [-0.2, -0.15) is 13.2 Å². The van der Waals surface area contributed by atoms with Crippen LogP contribution >= 0.6 is 0 Å². The summed E-state index contributed by atoms with van der Waals surface area (Å²) in [6.45, 7) is 12.2. The van der Waals surface area contributed by atoms with Gasteiger partial charge in [0.05, 0.1) is 35.3 Å². The van der Waals surface area contributed by atoms with Crippen LogP contribution in [0.25, 0.3) is 0 Å². The summed E-state index contributed by atoms with van der Waals surface area (Å²) < 4.78 is 44.8. The molecule has 0 aromatic heterocycles. The van der Waals surface area contributed by atoms with Crippen LogP contribution < -0.4 is 16.4 Å². The van der Waals surface area contributed by atoms with Gasteiger partial charge in [-0.05, 0) is 48.0 Å². The third-order valence-electron chi connectivity index (χ3n) is 4.70. The summed E-state index contributed by atoms with van der Waals surface area (Å²) in [5.74, 6) is -0.602. The Morgan fingerprint density at radius 1 is 0.842 bits per heavy atom. The number of carbonyl (C=O) groups excluding carboxylic acids is 2. The molecule has 0 heterocycles. The first-order valence-corrected chi connectivity index (χ1v) is 12.5. The number of para-hydroxylation sites is 1. The first-order chi connectivity index (χ1) is 18.3. The molecule has 208 valence electrons. The lowest BCUT2D eigenvalue weighted by molar-refractivity contribution is -0.137. The minimum atomic E-state index is -4.57. The van der Waals surface area contributed by atoms with Crippen molar-refractivity contribution in [3.05, 3.63) is 82.9 Å². The van der Waals surface area contributed by atoms with Gasteiger partial charge in [-0.1, -0.05) is 59.7 Å².